The second kappa shape index (κ2) is 7.02. The summed E-state index contributed by atoms with van der Waals surface area (Å²) in [5, 5.41) is 5.76. The molecule has 2 unspecified atom stereocenters. The van der Waals surface area contributed by atoms with Gasteiger partial charge in [-0.2, -0.15) is 0 Å². The van der Waals surface area contributed by atoms with Crippen molar-refractivity contribution < 1.29 is 9.53 Å². The third-order valence-corrected chi connectivity index (χ3v) is 4.56. The van der Waals surface area contributed by atoms with Crippen LogP contribution in [0.2, 0.25) is 0 Å². The van der Waals surface area contributed by atoms with E-state index in [9.17, 15) is 4.79 Å². The van der Waals surface area contributed by atoms with Crippen molar-refractivity contribution in [3.05, 3.63) is 35.4 Å². The molecule has 1 aromatic carbocycles. The van der Waals surface area contributed by atoms with Gasteiger partial charge in [0.1, 0.15) is 6.10 Å². The Morgan fingerprint density at radius 1 is 1.17 bits per heavy atom. The number of nitrogens with one attached hydrogen (secondary N) is 2. The summed E-state index contributed by atoms with van der Waals surface area (Å²) in [6.07, 6.45) is 5.63. The molecule has 2 aliphatic rings. The van der Waals surface area contributed by atoms with Gasteiger partial charge in [0, 0.05) is 6.04 Å². The summed E-state index contributed by atoms with van der Waals surface area (Å²) in [5.41, 5.74) is 2.29. The lowest BCUT2D eigenvalue weighted by Crippen LogP contribution is -2.45. The molecule has 5 nitrogen and oxygen atoms in total. The van der Waals surface area contributed by atoms with Crippen molar-refractivity contribution in [3.63, 3.8) is 0 Å². The molecule has 0 aromatic heterocycles. The number of ether oxygens (including phenoxy) is 1. The van der Waals surface area contributed by atoms with E-state index in [0.717, 1.165) is 18.4 Å². The average Bonchev–Trinajstić information content (AvgIpc) is 2.89. The highest BCUT2D eigenvalue weighted by atomic mass is 16.5. The topological polar surface area (TPSA) is 62.7 Å². The first-order valence-corrected chi connectivity index (χ1v) is 8.50. The van der Waals surface area contributed by atoms with E-state index < -0.39 is 0 Å². The van der Waals surface area contributed by atoms with E-state index in [1.165, 1.54) is 24.8 Å². The molecule has 1 saturated carbocycles. The first-order chi connectivity index (χ1) is 11.1. The number of nitrogens with zero attached hydrogens (tertiary/aromatic N) is 1. The number of amidine groups is 1. The number of carbonyl (C=O) groups is 1. The zero-order chi connectivity index (χ0) is 16.2. The molecule has 1 aliphatic carbocycles. The summed E-state index contributed by atoms with van der Waals surface area (Å²) in [6.45, 7) is 4.06. The van der Waals surface area contributed by atoms with Gasteiger partial charge in [-0.25, -0.2) is 9.79 Å². The van der Waals surface area contributed by atoms with Crippen LogP contribution in [0.15, 0.2) is 29.3 Å². The number of carbonyl (C=O) groups excluding carboxylic acids is 1. The van der Waals surface area contributed by atoms with Crippen LogP contribution < -0.4 is 10.6 Å². The minimum Gasteiger partial charge on any atom is -0.454 e. The van der Waals surface area contributed by atoms with Crippen molar-refractivity contribution in [3.8, 4) is 0 Å². The number of benzene rings is 1. The first kappa shape index (κ1) is 15.8. The van der Waals surface area contributed by atoms with Gasteiger partial charge in [-0.1, -0.05) is 49.1 Å². The molecule has 124 valence electrons. The Kier molecular flexibility index (Phi) is 4.84. The molecule has 1 aliphatic heterocycles. The van der Waals surface area contributed by atoms with Gasteiger partial charge >= 0.3 is 6.03 Å². The highest BCUT2D eigenvalue weighted by molar-refractivity contribution is 5.94. The Morgan fingerprint density at radius 3 is 2.57 bits per heavy atom. The molecule has 2 amide bonds. The van der Waals surface area contributed by atoms with Crippen LogP contribution in [-0.2, 0) is 4.74 Å². The van der Waals surface area contributed by atoms with Crippen molar-refractivity contribution in [1.29, 1.82) is 0 Å². The fourth-order valence-corrected chi connectivity index (χ4v) is 3.23. The molecule has 5 heteroatoms. The second-order valence-electron chi connectivity index (χ2n) is 6.56. The molecule has 0 radical (unpaired) electrons. The first-order valence-electron chi connectivity index (χ1n) is 8.50. The zero-order valence-corrected chi connectivity index (χ0v) is 13.8. The van der Waals surface area contributed by atoms with E-state index in [4.69, 9.17) is 4.74 Å². The summed E-state index contributed by atoms with van der Waals surface area (Å²) in [5.74, 6) is 0. The summed E-state index contributed by atoms with van der Waals surface area (Å²) in [6, 6.07) is 8.59. The van der Waals surface area contributed by atoms with Gasteiger partial charge in [0.2, 0.25) is 0 Å². The van der Waals surface area contributed by atoms with Crippen molar-refractivity contribution in [2.75, 3.05) is 0 Å². The summed E-state index contributed by atoms with van der Waals surface area (Å²) in [4.78, 5) is 16.5. The number of aryl methyl sites for hydroxylation is 1. The standard InChI is InChI=1S/C18H25N3O2/c1-12-8-10-14(11-9-12)16-13(2)19-18(23-16)21-17(22)20-15-6-4-3-5-7-15/h8-11,13,15-16H,3-7H2,1-2H3,(H2,19,20,21,22). The lowest BCUT2D eigenvalue weighted by Gasteiger charge is -2.22. The fourth-order valence-electron chi connectivity index (χ4n) is 3.23. The van der Waals surface area contributed by atoms with Crippen LogP contribution in [0, 0.1) is 6.92 Å². The van der Waals surface area contributed by atoms with Crippen molar-refractivity contribution in [2.24, 2.45) is 4.99 Å². The number of hydrogen-bond donors (Lipinski definition) is 2. The Bertz CT molecular complexity index is 576. The Labute approximate surface area is 137 Å². The minimum absolute atomic E-state index is 0.0114. The van der Waals surface area contributed by atoms with E-state index in [2.05, 4.69) is 46.8 Å². The van der Waals surface area contributed by atoms with Gasteiger partial charge in [-0.3, -0.25) is 5.32 Å². The Balaban J connectivity index is 1.54. The largest absolute Gasteiger partial charge is 0.454 e. The van der Waals surface area contributed by atoms with Crippen molar-refractivity contribution >= 4 is 12.1 Å². The molecule has 1 fully saturated rings. The molecule has 1 aromatic rings. The van der Waals surface area contributed by atoms with Crippen molar-refractivity contribution in [1.82, 2.24) is 10.6 Å². The average molecular weight is 315 g/mol. The molecule has 2 N–H and O–H groups in total. The van der Waals surface area contributed by atoms with E-state index >= 15 is 0 Å². The van der Waals surface area contributed by atoms with E-state index in [-0.39, 0.29) is 24.2 Å². The molecule has 2 atom stereocenters. The highest BCUT2D eigenvalue weighted by Crippen LogP contribution is 2.28. The molecule has 0 saturated heterocycles. The smallest absolute Gasteiger partial charge is 0.323 e. The zero-order valence-electron chi connectivity index (χ0n) is 13.8. The molecule has 0 spiro atoms. The Hall–Kier alpha value is -2.04. The van der Waals surface area contributed by atoms with Gasteiger partial charge in [0.15, 0.2) is 0 Å². The summed E-state index contributed by atoms with van der Waals surface area (Å²) >= 11 is 0. The molecule has 23 heavy (non-hydrogen) atoms. The van der Waals surface area contributed by atoms with Crippen LogP contribution in [0.4, 0.5) is 4.79 Å². The van der Waals surface area contributed by atoms with Gasteiger partial charge in [0.05, 0.1) is 6.04 Å². The van der Waals surface area contributed by atoms with Crippen LogP contribution in [0.3, 0.4) is 0 Å². The van der Waals surface area contributed by atoms with E-state index in [1.807, 2.05) is 6.92 Å². The van der Waals surface area contributed by atoms with Gasteiger partial charge in [-0.15, -0.1) is 0 Å². The highest BCUT2D eigenvalue weighted by Gasteiger charge is 2.30. The summed E-state index contributed by atoms with van der Waals surface area (Å²) in [7, 11) is 0. The number of amides is 2. The van der Waals surface area contributed by atoms with Crippen LogP contribution in [0.5, 0.6) is 0 Å². The van der Waals surface area contributed by atoms with Crippen LogP contribution in [-0.4, -0.2) is 24.1 Å². The van der Waals surface area contributed by atoms with Crippen LogP contribution in [0.1, 0.15) is 56.3 Å². The second-order valence-corrected chi connectivity index (χ2v) is 6.56. The molecule has 1 heterocycles. The minimum atomic E-state index is -0.215. The number of hydrogen-bond acceptors (Lipinski definition) is 3. The maximum Gasteiger partial charge on any atom is 0.323 e. The number of aliphatic imine (C=N–C) groups is 1. The maximum atomic E-state index is 12.1. The van der Waals surface area contributed by atoms with E-state index in [1.54, 1.807) is 0 Å². The summed E-state index contributed by atoms with van der Waals surface area (Å²) < 4.78 is 5.84. The molecular weight excluding hydrogens is 290 g/mol. The quantitative estimate of drug-likeness (QED) is 0.878. The molecular formula is C18H25N3O2. The van der Waals surface area contributed by atoms with Gasteiger partial charge in [-0.05, 0) is 32.3 Å². The molecule has 0 bridgehead atoms. The number of rotatable bonds is 2. The van der Waals surface area contributed by atoms with E-state index in [0.29, 0.717) is 6.02 Å². The maximum absolute atomic E-state index is 12.1. The predicted molar refractivity (Wildman–Crippen MR) is 90.4 cm³/mol. The van der Waals surface area contributed by atoms with Crippen molar-refractivity contribution in [2.45, 2.75) is 64.1 Å². The lowest BCUT2D eigenvalue weighted by atomic mass is 9.96. The molecule has 3 rings (SSSR count). The monoisotopic (exact) mass is 315 g/mol. The predicted octanol–water partition coefficient (Wildman–Crippen LogP) is 3.44. The SMILES string of the molecule is Cc1ccc(C2OC(NC(=O)NC3CCCCC3)=NC2C)cc1. The Morgan fingerprint density at radius 2 is 1.87 bits per heavy atom. The van der Waals surface area contributed by atoms with Crippen LogP contribution in [0.25, 0.3) is 0 Å². The van der Waals surface area contributed by atoms with Gasteiger partial charge < -0.3 is 10.1 Å². The third kappa shape index (κ3) is 4.03. The van der Waals surface area contributed by atoms with Gasteiger partial charge in [0.25, 0.3) is 6.02 Å². The number of urea groups is 1. The lowest BCUT2D eigenvalue weighted by molar-refractivity contribution is 0.191. The fraction of sp³-hybridized carbons (Fsp3) is 0.556. The normalized spacial score (nSPS) is 24.7. The van der Waals surface area contributed by atoms with Crippen LogP contribution >= 0.6 is 0 Å². The third-order valence-electron chi connectivity index (χ3n) is 4.56.